The molecule has 3 amide bonds. The van der Waals surface area contributed by atoms with Crippen molar-refractivity contribution in [1.82, 2.24) is 20.9 Å². The summed E-state index contributed by atoms with van der Waals surface area (Å²) >= 11 is 1.34. The second kappa shape index (κ2) is 12.5. The molecule has 1 aliphatic heterocycles. The zero-order valence-electron chi connectivity index (χ0n) is 18.0. The first-order chi connectivity index (χ1) is 14.9. The van der Waals surface area contributed by atoms with Crippen molar-refractivity contribution in [3.8, 4) is 0 Å². The first-order valence-corrected chi connectivity index (χ1v) is 11.5. The molecule has 1 fully saturated rings. The molecular formula is C21H32N4O5S. The number of nitrogens with zero attached hydrogens (tertiary/aromatic N) is 1. The number of rotatable bonds is 12. The molecule has 0 aromatic carbocycles. The van der Waals surface area contributed by atoms with Gasteiger partial charge in [0.2, 0.25) is 11.8 Å². The van der Waals surface area contributed by atoms with E-state index in [1.165, 1.54) is 11.3 Å². The van der Waals surface area contributed by atoms with E-state index in [1.54, 1.807) is 17.5 Å². The average molecular weight is 453 g/mol. The highest BCUT2D eigenvalue weighted by Gasteiger charge is 2.33. The highest BCUT2D eigenvalue weighted by molar-refractivity contribution is 7.10. The van der Waals surface area contributed by atoms with Gasteiger partial charge in [-0.25, -0.2) is 0 Å². The van der Waals surface area contributed by atoms with Crippen molar-refractivity contribution in [2.24, 2.45) is 0 Å². The lowest BCUT2D eigenvalue weighted by Gasteiger charge is -2.27. The van der Waals surface area contributed by atoms with E-state index in [4.69, 9.17) is 0 Å². The smallest absolute Gasteiger partial charge is 0.251 e. The van der Waals surface area contributed by atoms with Gasteiger partial charge >= 0.3 is 0 Å². The Bertz CT molecular complexity index is 742. The lowest BCUT2D eigenvalue weighted by atomic mass is 10.0. The van der Waals surface area contributed by atoms with Gasteiger partial charge in [-0.05, 0) is 44.3 Å². The average Bonchev–Trinajstić information content (AvgIpc) is 3.44. The standard InChI is InChI=1S/C21H32N4O5S/c1-3-4-7-14(24-20(29)16-8-5-10-25(16)2)19(28)21(30)22-12-18(27)23-15(13-26)17-9-6-11-31-17/h6,9,11,13-16,19,28H,3-5,7-8,10,12H2,1-2H3,(H,22,30)(H,23,27)(H,24,29). The maximum atomic E-state index is 12.6. The minimum absolute atomic E-state index is 0.199. The van der Waals surface area contributed by atoms with Crippen molar-refractivity contribution in [3.05, 3.63) is 22.4 Å². The van der Waals surface area contributed by atoms with E-state index in [2.05, 4.69) is 16.0 Å². The number of likely N-dealkylation sites (tertiary alicyclic amines) is 1. The fourth-order valence-corrected chi connectivity index (χ4v) is 4.31. The monoisotopic (exact) mass is 452 g/mol. The highest BCUT2D eigenvalue weighted by atomic mass is 32.1. The quantitative estimate of drug-likeness (QED) is 0.339. The van der Waals surface area contributed by atoms with Crippen LogP contribution >= 0.6 is 11.3 Å². The Morgan fingerprint density at radius 3 is 2.71 bits per heavy atom. The lowest BCUT2D eigenvalue weighted by Crippen LogP contribution is -2.54. The van der Waals surface area contributed by atoms with E-state index in [0.29, 0.717) is 17.6 Å². The fourth-order valence-electron chi connectivity index (χ4n) is 3.57. The van der Waals surface area contributed by atoms with Gasteiger partial charge in [-0.3, -0.25) is 19.3 Å². The third-order valence-corrected chi connectivity index (χ3v) is 6.35. The molecule has 172 valence electrons. The Balaban J connectivity index is 1.88. The van der Waals surface area contributed by atoms with E-state index >= 15 is 0 Å². The third-order valence-electron chi connectivity index (χ3n) is 5.39. The number of thiophene rings is 1. The first-order valence-electron chi connectivity index (χ1n) is 10.6. The predicted octanol–water partition coefficient (Wildman–Crippen LogP) is 0.351. The van der Waals surface area contributed by atoms with Crippen molar-refractivity contribution in [2.45, 2.75) is 63.3 Å². The highest BCUT2D eigenvalue weighted by Crippen LogP contribution is 2.17. The molecule has 4 atom stereocenters. The van der Waals surface area contributed by atoms with Crippen molar-refractivity contribution in [3.63, 3.8) is 0 Å². The number of aliphatic hydroxyl groups excluding tert-OH is 1. The van der Waals surface area contributed by atoms with Gasteiger partial charge in [0.25, 0.3) is 5.91 Å². The molecule has 1 aromatic heterocycles. The van der Waals surface area contributed by atoms with Gasteiger partial charge in [0.15, 0.2) is 6.10 Å². The second-order valence-electron chi connectivity index (χ2n) is 7.76. The van der Waals surface area contributed by atoms with Crippen LogP contribution in [-0.2, 0) is 19.2 Å². The predicted molar refractivity (Wildman–Crippen MR) is 117 cm³/mol. The first kappa shape index (κ1) is 25.0. The van der Waals surface area contributed by atoms with E-state index in [1.807, 2.05) is 18.9 Å². The van der Waals surface area contributed by atoms with Crippen LogP contribution in [0.4, 0.5) is 0 Å². The SMILES string of the molecule is CCCCC(NC(=O)C1CCCN1C)C(O)C(=O)NCC(=O)NC(C=O)c1cccs1. The minimum atomic E-state index is -1.48. The molecule has 10 heteroatoms. The van der Waals surface area contributed by atoms with Crippen LogP contribution in [0.15, 0.2) is 17.5 Å². The number of aliphatic hydroxyl groups is 1. The van der Waals surface area contributed by atoms with Gasteiger partial charge in [-0.15, -0.1) is 11.3 Å². The van der Waals surface area contributed by atoms with Crippen LogP contribution in [0, 0.1) is 0 Å². The van der Waals surface area contributed by atoms with E-state index in [-0.39, 0.29) is 18.5 Å². The van der Waals surface area contributed by atoms with Crippen LogP contribution in [0.5, 0.6) is 0 Å². The number of carbonyl (C=O) groups is 4. The number of unbranched alkanes of at least 4 members (excludes halogenated alkanes) is 1. The van der Waals surface area contributed by atoms with Gasteiger partial charge in [0, 0.05) is 4.88 Å². The van der Waals surface area contributed by atoms with E-state index < -0.39 is 30.0 Å². The summed E-state index contributed by atoms with van der Waals surface area (Å²) in [5.74, 6) is -1.49. The summed E-state index contributed by atoms with van der Waals surface area (Å²) in [6.45, 7) is 2.44. The molecule has 1 aromatic rings. The summed E-state index contributed by atoms with van der Waals surface area (Å²) in [4.78, 5) is 51.0. The summed E-state index contributed by atoms with van der Waals surface area (Å²) in [5, 5.41) is 20.1. The number of hydrogen-bond donors (Lipinski definition) is 4. The molecule has 0 spiro atoms. The van der Waals surface area contributed by atoms with Gasteiger partial charge in [0.05, 0.1) is 18.6 Å². The number of hydrogen-bond acceptors (Lipinski definition) is 7. The number of amides is 3. The van der Waals surface area contributed by atoms with Crippen molar-refractivity contribution < 1.29 is 24.3 Å². The van der Waals surface area contributed by atoms with Crippen LogP contribution in [0.25, 0.3) is 0 Å². The Morgan fingerprint density at radius 1 is 1.35 bits per heavy atom. The summed E-state index contributed by atoms with van der Waals surface area (Å²) in [7, 11) is 1.88. The van der Waals surface area contributed by atoms with E-state index in [9.17, 15) is 24.3 Å². The largest absolute Gasteiger partial charge is 0.381 e. The molecule has 4 N–H and O–H groups in total. The molecule has 0 radical (unpaired) electrons. The molecule has 0 bridgehead atoms. The molecule has 2 heterocycles. The van der Waals surface area contributed by atoms with Crippen molar-refractivity contribution in [1.29, 1.82) is 0 Å². The molecule has 9 nitrogen and oxygen atoms in total. The van der Waals surface area contributed by atoms with Crippen molar-refractivity contribution >= 4 is 35.3 Å². The zero-order valence-corrected chi connectivity index (χ0v) is 18.8. The molecule has 2 rings (SSSR count). The number of nitrogens with one attached hydrogen (secondary N) is 3. The number of aldehydes is 1. The molecule has 0 aliphatic carbocycles. The topological polar surface area (TPSA) is 128 Å². The summed E-state index contributed by atoms with van der Waals surface area (Å²) < 4.78 is 0. The molecular weight excluding hydrogens is 420 g/mol. The summed E-state index contributed by atoms with van der Waals surface area (Å²) in [6, 6.07) is 1.72. The fraction of sp³-hybridized carbons (Fsp3) is 0.619. The van der Waals surface area contributed by atoms with Crippen LogP contribution in [0.1, 0.15) is 49.9 Å². The Kier molecular flexibility index (Phi) is 10.1. The minimum Gasteiger partial charge on any atom is -0.381 e. The van der Waals surface area contributed by atoms with Crippen LogP contribution in [0.2, 0.25) is 0 Å². The van der Waals surface area contributed by atoms with E-state index in [0.717, 1.165) is 32.2 Å². The Hall–Kier alpha value is -2.30. The van der Waals surface area contributed by atoms with Crippen molar-refractivity contribution in [2.75, 3.05) is 20.1 Å². The molecule has 4 unspecified atom stereocenters. The normalized spacial score (nSPS) is 19.3. The maximum absolute atomic E-state index is 12.6. The molecule has 0 saturated carbocycles. The third kappa shape index (κ3) is 7.41. The number of likely N-dealkylation sites (N-methyl/N-ethyl adjacent to an activating group) is 1. The molecule has 1 aliphatic rings. The maximum Gasteiger partial charge on any atom is 0.251 e. The van der Waals surface area contributed by atoms with Crippen LogP contribution < -0.4 is 16.0 Å². The zero-order chi connectivity index (χ0) is 22.8. The van der Waals surface area contributed by atoms with Gasteiger partial charge in [-0.1, -0.05) is 25.8 Å². The summed E-state index contributed by atoms with van der Waals surface area (Å²) in [5.41, 5.74) is 0. The van der Waals surface area contributed by atoms with Gasteiger partial charge in [-0.2, -0.15) is 0 Å². The molecule has 31 heavy (non-hydrogen) atoms. The molecule has 1 saturated heterocycles. The van der Waals surface area contributed by atoms with Crippen LogP contribution in [-0.4, -0.2) is 72.3 Å². The Morgan fingerprint density at radius 2 is 2.13 bits per heavy atom. The summed E-state index contributed by atoms with van der Waals surface area (Å²) in [6.07, 6.45) is 2.85. The van der Waals surface area contributed by atoms with Crippen LogP contribution in [0.3, 0.4) is 0 Å². The van der Waals surface area contributed by atoms with Gasteiger partial charge < -0.3 is 25.9 Å². The number of carbonyl (C=O) groups excluding carboxylic acids is 4. The Labute approximate surface area is 186 Å². The second-order valence-corrected chi connectivity index (χ2v) is 8.73. The van der Waals surface area contributed by atoms with Gasteiger partial charge in [0.1, 0.15) is 12.3 Å². The lowest BCUT2D eigenvalue weighted by molar-refractivity contribution is -0.135.